The SMILES string of the molecule is COc1ccnc(N(C)C(=O)c2cn(C)c3c(Cl)cccc23)n1. The molecule has 2 heterocycles. The molecule has 3 rings (SSSR count). The second kappa shape index (κ2) is 5.89. The molecule has 0 N–H and O–H groups in total. The number of ether oxygens (including phenoxy) is 1. The summed E-state index contributed by atoms with van der Waals surface area (Å²) in [5, 5.41) is 1.39. The first-order chi connectivity index (χ1) is 11.0. The van der Waals surface area contributed by atoms with Crippen molar-refractivity contribution in [2.45, 2.75) is 0 Å². The van der Waals surface area contributed by atoms with E-state index in [1.165, 1.54) is 12.0 Å². The topological polar surface area (TPSA) is 60.2 Å². The van der Waals surface area contributed by atoms with Gasteiger partial charge in [0.05, 0.1) is 23.2 Å². The van der Waals surface area contributed by atoms with Crippen LogP contribution in [-0.2, 0) is 7.05 Å². The Morgan fingerprint density at radius 2 is 2.13 bits per heavy atom. The Bertz CT molecular complexity index is 891. The zero-order valence-electron chi connectivity index (χ0n) is 12.9. The number of benzene rings is 1. The van der Waals surface area contributed by atoms with Crippen LogP contribution in [0.1, 0.15) is 10.4 Å². The highest BCUT2D eigenvalue weighted by molar-refractivity contribution is 6.35. The Morgan fingerprint density at radius 3 is 2.87 bits per heavy atom. The van der Waals surface area contributed by atoms with Crippen LogP contribution in [0.25, 0.3) is 10.9 Å². The number of amides is 1. The molecule has 0 unspecified atom stereocenters. The summed E-state index contributed by atoms with van der Waals surface area (Å²) in [5.41, 5.74) is 1.36. The smallest absolute Gasteiger partial charge is 0.262 e. The van der Waals surface area contributed by atoms with E-state index in [9.17, 15) is 4.79 Å². The minimum absolute atomic E-state index is 0.217. The second-order valence-electron chi connectivity index (χ2n) is 5.05. The standard InChI is InChI=1S/C16H15ClN4O2/c1-20-9-11(10-5-4-6-12(17)14(10)20)15(22)21(2)16-18-8-7-13(19-16)23-3/h4-9H,1-3H3. The van der Waals surface area contributed by atoms with Crippen LogP contribution in [0.15, 0.2) is 36.7 Å². The number of hydrogen-bond donors (Lipinski definition) is 0. The number of carbonyl (C=O) groups is 1. The van der Waals surface area contributed by atoms with Gasteiger partial charge in [-0.05, 0) is 6.07 Å². The minimum Gasteiger partial charge on any atom is -0.481 e. The summed E-state index contributed by atoms with van der Waals surface area (Å²) in [7, 11) is 4.99. The van der Waals surface area contributed by atoms with Crippen molar-refractivity contribution in [2.75, 3.05) is 19.1 Å². The minimum atomic E-state index is -0.217. The number of methoxy groups -OCH3 is 1. The van der Waals surface area contributed by atoms with Crippen molar-refractivity contribution in [1.82, 2.24) is 14.5 Å². The van der Waals surface area contributed by atoms with Gasteiger partial charge in [0.25, 0.3) is 5.91 Å². The number of aromatic nitrogens is 3. The Hall–Kier alpha value is -2.60. The maximum absolute atomic E-state index is 12.8. The van der Waals surface area contributed by atoms with Crippen LogP contribution < -0.4 is 9.64 Å². The van der Waals surface area contributed by atoms with Gasteiger partial charge in [0.1, 0.15) is 0 Å². The monoisotopic (exact) mass is 330 g/mol. The van der Waals surface area contributed by atoms with E-state index in [2.05, 4.69) is 9.97 Å². The lowest BCUT2D eigenvalue weighted by molar-refractivity contribution is 0.0993. The summed E-state index contributed by atoms with van der Waals surface area (Å²) >= 11 is 6.23. The van der Waals surface area contributed by atoms with E-state index in [1.807, 2.05) is 23.7 Å². The molecule has 6 nitrogen and oxygen atoms in total. The molecule has 0 aliphatic carbocycles. The van der Waals surface area contributed by atoms with Crippen molar-refractivity contribution in [3.8, 4) is 5.88 Å². The lowest BCUT2D eigenvalue weighted by Crippen LogP contribution is -2.28. The van der Waals surface area contributed by atoms with E-state index in [-0.39, 0.29) is 11.9 Å². The first-order valence-electron chi connectivity index (χ1n) is 6.91. The van der Waals surface area contributed by atoms with Crippen molar-refractivity contribution in [1.29, 1.82) is 0 Å². The van der Waals surface area contributed by atoms with E-state index in [1.54, 1.807) is 31.6 Å². The molecule has 0 aliphatic heterocycles. The highest BCUT2D eigenvalue weighted by atomic mass is 35.5. The van der Waals surface area contributed by atoms with E-state index in [0.29, 0.717) is 16.5 Å². The number of aryl methyl sites for hydroxylation is 1. The summed E-state index contributed by atoms with van der Waals surface area (Å²) in [5.74, 6) is 0.454. The van der Waals surface area contributed by atoms with Crippen molar-refractivity contribution < 1.29 is 9.53 Å². The molecule has 23 heavy (non-hydrogen) atoms. The summed E-state index contributed by atoms with van der Waals surface area (Å²) in [4.78, 5) is 22.5. The third kappa shape index (κ3) is 2.61. The molecule has 0 bridgehead atoms. The molecular weight excluding hydrogens is 316 g/mol. The van der Waals surface area contributed by atoms with Gasteiger partial charge in [-0.15, -0.1) is 0 Å². The van der Waals surface area contributed by atoms with Gasteiger partial charge in [-0.2, -0.15) is 4.98 Å². The van der Waals surface area contributed by atoms with Crippen LogP contribution >= 0.6 is 11.6 Å². The van der Waals surface area contributed by atoms with Crippen LogP contribution in [-0.4, -0.2) is 34.6 Å². The summed E-state index contributed by atoms with van der Waals surface area (Å²) in [6, 6.07) is 7.12. The lowest BCUT2D eigenvalue weighted by Gasteiger charge is -2.15. The number of rotatable bonds is 3. The molecule has 0 atom stereocenters. The molecule has 7 heteroatoms. The van der Waals surface area contributed by atoms with Gasteiger partial charge in [0.15, 0.2) is 0 Å². The fourth-order valence-electron chi connectivity index (χ4n) is 2.47. The summed E-state index contributed by atoms with van der Waals surface area (Å²) < 4.78 is 6.91. The predicted molar refractivity (Wildman–Crippen MR) is 89.2 cm³/mol. The first kappa shape index (κ1) is 15.3. The Morgan fingerprint density at radius 1 is 1.35 bits per heavy atom. The van der Waals surface area contributed by atoms with Crippen molar-refractivity contribution >= 4 is 34.4 Å². The van der Waals surface area contributed by atoms with Crippen LogP contribution in [0.3, 0.4) is 0 Å². The zero-order chi connectivity index (χ0) is 16.6. The maximum atomic E-state index is 12.8. The average molecular weight is 331 g/mol. The van der Waals surface area contributed by atoms with E-state index >= 15 is 0 Å². The number of halogens is 1. The molecule has 0 aliphatic rings. The number of nitrogens with zero attached hydrogens (tertiary/aromatic N) is 4. The predicted octanol–water partition coefficient (Wildman–Crippen LogP) is 2.91. The van der Waals surface area contributed by atoms with E-state index < -0.39 is 0 Å². The highest BCUT2D eigenvalue weighted by Crippen LogP contribution is 2.28. The van der Waals surface area contributed by atoms with Crippen molar-refractivity contribution in [2.24, 2.45) is 7.05 Å². The Kier molecular flexibility index (Phi) is 3.92. The third-order valence-corrected chi connectivity index (χ3v) is 3.92. The number of carbonyl (C=O) groups excluding carboxylic acids is 1. The maximum Gasteiger partial charge on any atom is 0.262 e. The van der Waals surface area contributed by atoms with Gasteiger partial charge in [-0.25, -0.2) is 4.98 Å². The number of para-hydroxylation sites is 1. The molecule has 2 aromatic heterocycles. The van der Waals surface area contributed by atoms with E-state index in [4.69, 9.17) is 16.3 Å². The van der Waals surface area contributed by atoms with Gasteiger partial charge in [0, 0.05) is 37.9 Å². The Labute approximate surface area is 138 Å². The average Bonchev–Trinajstić information content (AvgIpc) is 2.91. The fraction of sp³-hybridized carbons (Fsp3) is 0.188. The Balaban J connectivity index is 2.05. The van der Waals surface area contributed by atoms with Crippen molar-refractivity contribution in [3.05, 3.63) is 47.2 Å². The normalized spacial score (nSPS) is 10.8. The van der Waals surface area contributed by atoms with E-state index in [0.717, 1.165) is 10.9 Å². The molecule has 0 radical (unpaired) electrons. The van der Waals surface area contributed by atoms with Gasteiger partial charge in [0.2, 0.25) is 11.8 Å². The summed E-state index contributed by atoms with van der Waals surface area (Å²) in [6.45, 7) is 0. The molecule has 1 aromatic carbocycles. The number of fused-ring (bicyclic) bond motifs is 1. The first-order valence-corrected chi connectivity index (χ1v) is 7.29. The molecule has 0 spiro atoms. The lowest BCUT2D eigenvalue weighted by atomic mass is 10.1. The van der Waals surface area contributed by atoms with Crippen LogP contribution in [0.2, 0.25) is 5.02 Å². The number of anilines is 1. The highest BCUT2D eigenvalue weighted by Gasteiger charge is 2.21. The zero-order valence-corrected chi connectivity index (χ0v) is 13.7. The second-order valence-corrected chi connectivity index (χ2v) is 5.46. The van der Waals surface area contributed by atoms with Gasteiger partial charge in [-0.1, -0.05) is 23.7 Å². The van der Waals surface area contributed by atoms with Gasteiger partial charge in [-0.3, -0.25) is 9.69 Å². The van der Waals surface area contributed by atoms with Gasteiger partial charge >= 0.3 is 0 Å². The molecule has 0 saturated carbocycles. The van der Waals surface area contributed by atoms with Crippen LogP contribution in [0, 0.1) is 0 Å². The quantitative estimate of drug-likeness (QED) is 0.741. The van der Waals surface area contributed by atoms with Gasteiger partial charge < -0.3 is 9.30 Å². The molecule has 0 saturated heterocycles. The molecule has 1 amide bonds. The molecule has 0 fully saturated rings. The van der Waals surface area contributed by atoms with Crippen LogP contribution in [0.5, 0.6) is 5.88 Å². The van der Waals surface area contributed by atoms with Crippen LogP contribution in [0.4, 0.5) is 5.95 Å². The largest absolute Gasteiger partial charge is 0.481 e. The molecule has 3 aromatic rings. The third-order valence-electron chi connectivity index (χ3n) is 3.61. The number of hydrogen-bond acceptors (Lipinski definition) is 4. The molecule has 118 valence electrons. The summed E-state index contributed by atoms with van der Waals surface area (Å²) in [6.07, 6.45) is 3.31. The fourth-order valence-corrected chi connectivity index (χ4v) is 2.78. The molecular formula is C16H15ClN4O2. The van der Waals surface area contributed by atoms with Crippen molar-refractivity contribution in [3.63, 3.8) is 0 Å².